The Hall–Kier alpha value is -4.28. The van der Waals surface area contributed by atoms with E-state index in [4.69, 9.17) is 14.9 Å². The van der Waals surface area contributed by atoms with Crippen molar-refractivity contribution in [2.24, 2.45) is 5.92 Å². The van der Waals surface area contributed by atoms with Crippen LogP contribution in [0, 0.1) is 5.92 Å². The highest BCUT2D eigenvalue weighted by molar-refractivity contribution is 6.05. The number of nitrogens with two attached hydrogens (primary N) is 1. The van der Waals surface area contributed by atoms with Crippen LogP contribution in [0.3, 0.4) is 0 Å². The molecule has 0 unspecified atom stereocenters. The molecule has 1 aliphatic rings. The molecule has 36 heavy (non-hydrogen) atoms. The molecule has 11 heteroatoms. The van der Waals surface area contributed by atoms with Gasteiger partial charge in [0.15, 0.2) is 23.0 Å². The van der Waals surface area contributed by atoms with E-state index in [-0.39, 0.29) is 46.5 Å². The quantitative estimate of drug-likeness (QED) is 0.506. The largest absolute Gasteiger partial charge is 0.451 e. The van der Waals surface area contributed by atoms with Gasteiger partial charge in [-0.3, -0.25) is 14.6 Å². The number of carbonyl (C=O) groups is 3. The Morgan fingerprint density at radius 3 is 2.56 bits per heavy atom. The van der Waals surface area contributed by atoms with Crippen molar-refractivity contribution in [1.29, 1.82) is 0 Å². The fourth-order valence-corrected chi connectivity index (χ4v) is 3.77. The number of hydrogen-bond acceptors (Lipinski definition) is 9. The third-order valence-corrected chi connectivity index (χ3v) is 5.55. The minimum Gasteiger partial charge on any atom is -0.451 e. The smallest absolute Gasteiger partial charge is 0.410 e. The number of rotatable bonds is 5. The van der Waals surface area contributed by atoms with Crippen LogP contribution in [0.2, 0.25) is 0 Å². The molecule has 1 fully saturated rings. The topological polar surface area (TPSA) is 154 Å². The van der Waals surface area contributed by atoms with Gasteiger partial charge in [-0.25, -0.2) is 14.8 Å². The highest BCUT2D eigenvalue weighted by Gasteiger charge is 2.31. The van der Waals surface area contributed by atoms with E-state index >= 15 is 0 Å². The van der Waals surface area contributed by atoms with Crippen molar-refractivity contribution >= 4 is 29.3 Å². The summed E-state index contributed by atoms with van der Waals surface area (Å²) in [5.41, 5.74) is 5.97. The molecular formula is C25H28N6O5. The molecule has 0 aromatic carbocycles. The highest BCUT2D eigenvalue weighted by atomic mass is 16.6. The summed E-state index contributed by atoms with van der Waals surface area (Å²) in [5.74, 6) is -0.550. The van der Waals surface area contributed by atoms with E-state index in [0.29, 0.717) is 31.6 Å². The van der Waals surface area contributed by atoms with Gasteiger partial charge in [0.1, 0.15) is 11.3 Å². The van der Waals surface area contributed by atoms with E-state index in [1.807, 2.05) is 20.8 Å². The maximum absolute atomic E-state index is 13.0. The van der Waals surface area contributed by atoms with E-state index in [0.717, 1.165) is 0 Å². The summed E-state index contributed by atoms with van der Waals surface area (Å²) in [7, 11) is 0. The molecular weight excluding hydrogens is 464 g/mol. The Kier molecular flexibility index (Phi) is 7.00. The Bertz CT molecular complexity index is 1260. The molecule has 0 aliphatic carbocycles. The molecule has 2 amide bonds. The normalized spacial score (nSPS) is 14.4. The van der Waals surface area contributed by atoms with Gasteiger partial charge in [-0.15, -0.1) is 0 Å². The number of nitrogens with one attached hydrogen (secondary N) is 1. The SMILES string of the molecule is CC(C)(C)OC(=O)N1CCC(C(=O)c2ccc(-c3cnc(N)c(C(=O)Nc4cccnc4)n3)o2)CC1. The van der Waals surface area contributed by atoms with E-state index in [1.54, 1.807) is 35.4 Å². The van der Waals surface area contributed by atoms with Gasteiger partial charge in [0.2, 0.25) is 5.78 Å². The van der Waals surface area contributed by atoms with Gasteiger partial charge in [-0.05, 0) is 57.9 Å². The summed E-state index contributed by atoms with van der Waals surface area (Å²) >= 11 is 0. The zero-order chi connectivity index (χ0) is 25.9. The summed E-state index contributed by atoms with van der Waals surface area (Å²) in [5, 5.41) is 2.66. The van der Waals surface area contributed by atoms with Crippen molar-refractivity contribution in [1.82, 2.24) is 19.9 Å². The predicted octanol–water partition coefficient (Wildman–Crippen LogP) is 3.80. The number of carbonyl (C=O) groups excluding carboxylic acids is 3. The van der Waals surface area contributed by atoms with Crippen LogP contribution in [-0.4, -0.2) is 56.3 Å². The third-order valence-electron chi connectivity index (χ3n) is 5.55. The molecule has 1 aliphatic heterocycles. The number of likely N-dealkylation sites (tertiary alicyclic amines) is 1. The van der Waals surface area contributed by atoms with E-state index in [9.17, 15) is 14.4 Å². The molecule has 0 atom stereocenters. The van der Waals surface area contributed by atoms with Crippen LogP contribution < -0.4 is 11.1 Å². The maximum atomic E-state index is 13.0. The fraction of sp³-hybridized carbons (Fsp3) is 0.360. The Labute approximate surface area is 208 Å². The Morgan fingerprint density at radius 2 is 1.89 bits per heavy atom. The van der Waals surface area contributed by atoms with Gasteiger partial charge in [0.05, 0.1) is 18.1 Å². The van der Waals surface area contributed by atoms with Crippen molar-refractivity contribution in [2.75, 3.05) is 24.1 Å². The number of hydrogen-bond donors (Lipinski definition) is 2. The summed E-state index contributed by atoms with van der Waals surface area (Å²) < 4.78 is 11.2. The average molecular weight is 493 g/mol. The number of aromatic nitrogens is 3. The first-order valence-corrected chi connectivity index (χ1v) is 11.6. The number of anilines is 2. The standard InChI is InChI=1S/C25H28N6O5/c1-25(2,3)36-24(34)31-11-8-15(9-12-31)21(32)19-7-6-18(35-19)17-14-28-22(26)20(30-17)23(33)29-16-5-4-10-27-13-16/h4-7,10,13-15H,8-9,11-12H2,1-3H3,(H2,26,28)(H,29,33). The number of nitrogen functional groups attached to an aromatic ring is 1. The average Bonchev–Trinajstić information content (AvgIpc) is 3.34. The zero-order valence-corrected chi connectivity index (χ0v) is 20.4. The van der Waals surface area contributed by atoms with Crippen molar-refractivity contribution in [3.8, 4) is 11.5 Å². The van der Waals surface area contributed by atoms with Gasteiger partial charge in [-0.2, -0.15) is 0 Å². The minimum atomic E-state index is -0.571. The monoisotopic (exact) mass is 492 g/mol. The van der Waals surface area contributed by atoms with Crippen LogP contribution >= 0.6 is 0 Å². The molecule has 0 bridgehead atoms. The first-order valence-electron chi connectivity index (χ1n) is 11.6. The molecule has 3 aromatic rings. The molecule has 11 nitrogen and oxygen atoms in total. The minimum absolute atomic E-state index is 0.0419. The molecule has 0 radical (unpaired) electrons. The van der Waals surface area contributed by atoms with E-state index in [1.165, 1.54) is 12.4 Å². The highest BCUT2D eigenvalue weighted by Crippen LogP contribution is 2.27. The maximum Gasteiger partial charge on any atom is 0.410 e. The number of ketones is 1. The van der Waals surface area contributed by atoms with Crippen LogP contribution in [-0.2, 0) is 4.74 Å². The summed E-state index contributed by atoms with van der Waals surface area (Å²) in [6.45, 7) is 6.31. The zero-order valence-electron chi connectivity index (χ0n) is 20.4. The van der Waals surface area contributed by atoms with Gasteiger partial charge in [0.25, 0.3) is 5.91 Å². The number of piperidine rings is 1. The number of amides is 2. The van der Waals surface area contributed by atoms with Crippen molar-refractivity contribution in [3.05, 3.63) is 54.3 Å². The lowest BCUT2D eigenvalue weighted by Crippen LogP contribution is -2.42. The first-order chi connectivity index (χ1) is 17.1. The molecule has 0 saturated carbocycles. The molecule has 188 valence electrons. The molecule has 0 spiro atoms. The van der Waals surface area contributed by atoms with Crippen LogP contribution in [0.15, 0.2) is 47.3 Å². The van der Waals surface area contributed by atoms with Crippen molar-refractivity contribution < 1.29 is 23.5 Å². The Morgan fingerprint density at radius 1 is 1.14 bits per heavy atom. The Balaban J connectivity index is 1.42. The first kappa shape index (κ1) is 24.8. The van der Waals surface area contributed by atoms with Crippen molar-refractivity contribution in [3.63, 3.8) is 0 Å². The van der Waals surface area contributed by atoms with Gasteiger partial charge >= 0.3 is 6.09 Å². The van der Waals surface area contributed by atoms with Crippen LogP contribution in [0.4, 0.5) is 16.3 Å². The van der Waals surface area contributed by atoms with E-state index < -0.39 is 11.5 Å². The number of furan rings is 1. The second-order valence-corrected chi connectivity index (χ2v) is 9.45. The van der Waals surface area contributed by atoms with E-state index in [2.05, 4.69) is 20.3 Å². The summed E-state index contributed by atoms with van der Waals surface area (Å²) in [4.78, 5) is 51.9. The second-order valence-electron chi connectivity index (χ2n) is 9.45. The lowest BCUT2D eigenvalue weighted by atomic mass is 9.91. The molecule has 4 heterocycles. The molecule has 3 N–H and O–H groups in total. The lowest BCUT2D eigenvalue weighted by Gasteiger charge is -2.32. The second kappa shape index (κ2) is 10.1. The van der Waals surface area contributed by atoms with Crippen LogP contribution in [0.1, 0.15) is 54.7 Å². The third kappa shape index (κ3) is 5.85. The van der Waals surface area contributed by atoms with Crippen LogP contribution in [0.25, 0.3) is 11.5 Å². The summed E-state index contributed by atoms with van der Waals surface area (Å²) in [6.07, 6.45) is 5.10. The van der Waals surface area contributed by atoms with Crippen molar-refractivity contribution in [2.45, 2.75) is 39.2 Å². The molecule has 4 rings (SSSR count). The molecule has 1 saturated heterocycles. The van der Waals surface area contributed by atoms with Gasteiger partial charge in [0, 0.05) is 25.2 Å². The number of ether oxygens (including phenoxy) is 1. The number of pyridine rings is 1. The molecule has 3 aromatic heterocycles. The van der Waals surface area contributed by atoms with Gasteiger partial charge < -0.3 is 25.1 Å². The van der Waals surface area contributed by atoms with Gasteiger partial charge in [-0.1, -0.05) is 0 Å². The predicted molar refractivity (Wildman–Crippen MR) is 131 cm³/mol. The number of nitrogens with zero attached hydrogens (tertiary/aromatic N) is 4. The fourth-order valence-electron chi connectivity index (χ4n) is 3.77. The van der Waals surface area contributed by atoms with Crippen LogP contribution in [0.5, 0.6) is 0 Å². The number of Topliss-reactive ketones (excluding diaryl/α,β-unsaturated/α-hetero) is 1. The lowest BCUT2D eigenvalue weighted by molar-refractivity contribution is 0.0181. The summed E-state index contributed by atoms with van der Waals surface area (Å²) in [6, 6.07) is 6.54.